The number of hydrazone groups is 1. The van der Waals surface area contributed by atoms with Crippen molar-refractivity contribution in [2.24, 2.45) is 5.10 Å². The number of methoxy groups -OCH3 is 1. The van der Waals surface area contributed by atoms with Crippen LogP contribution >= 0.6 is 15.9 Å². The van der Waals surface area contributed by atoms with Crippen LogP contribution in [0.25, 0.3) is 11.3 Å². The summed E-state index contributed by atoms with van der Waals surface area (Å²) in [5.74, 6) is 0.307. The molecule has 0 aliphatic rings. The van der Waals surface area contributed by atoms with E-state index >= 15 is 0 Å². The second-order valence-corrected chi connectivity index (χ2v) is 6.03. The molecule has 0 radical (unpaired) electrons. The lowest BCUT2D eigenvalue weighted by molar-refractivity contribution is 0.0950. The third-order valence-electron chi connectivity index (χ3n) is 3.47. The summed E-state index contributed by atoms with van der Waals surface area (Å²) in [5.41, 5.74) is 5.17. The predicted molar refractivity (Wildman–Crippen MR) is 99.8 cm³/mol. The van der Waals surface area contributed by atoms with E-state index in [1.165, 1.54) is 6.21 Å². The number of hydrogen-bond acceptors (Lipinski definition) is 4. The molecule has 0 aliphatic carbocycles. The Balaban J connectivity index is 1.68. The molecular weight excluding hydrogens is 384 g/mol. The topological polar surface area (TPSA) is 79.4 Å². The maximum atomic E-state index is 12.2. The molecule has 1 aromatic heterocycles. The van der Waals surface area contributed by atoms with Crippen molar-refractivity contribution in [3.05, 3.63) is 70.3 Å². The predicted octanol–water partition coefficient (Wildman–Crippen LogP) is 3.61. The van der Waals surface area contributed by atoms with E-state index in [1.54, 1.807) is 13.2 Å². The van der Waals surface area contributed by atoms with Crippen molar-refractivity contribution >= 4 is 28.1 Å². The van der Waals surface area contributed by atoms with Crippen LogP contribution in [0.2, 0.25) is 0 Å². The Morgan fingerprint density at radius 3 is 2.76 bits per heavy atom. The Morgan fingerprint density at radius 2 is 2.00 bits per heavy atom. The molecule has 0 fully saturated rings. The maximum absolute atomic E-state index is 12.2. The molecular formula is C18H15BrN4O2. The van der Waals surface area contributed by atoms with Gasteiger partial charge in [-0.2, -0.15) is 10.2 Å². The largest absolute Gasteiger partial charge is 0.496 e. The van der Waals surface area contributed by atoms with Gasteiger partial charge in [0.2, 0.25) is 0 Å². The fraction of sp³-hybridized carbons (Fsp3) is 0.0556. The Morgan fingerprint density at radius 1 is 1.24 bits per heavy atom. The number of nitrogens with zero attached hydrogens (tertiary/aromatic N) is 2. The Labute approximate surface area is 153 Å². The summed E-state index contributed by atoms with van der Waals surface area (Å²) in [7, 11) is 1.58. The lowest BCUT2D eigenvalue weighted by Gasteiger charge is -2.02. The molecule has 6 nitrogen and oxygen atoms in total. The van der Waals surface area contributed by atoms with Crippen LogP contribution in [0.4, 0.5) is 0 Å². The summed E-state index contributed by atoms with van der Waals surface area (Å²) >= 11 is 3.39. The van der Waals surface area contributed by atoms with Crippen LogP contribution in [0.15, 0.2) is 64.2 Å². The van der Waals surface area contributed by atoms with E-state index in [2.05, 4.69) is 36.7 Å². The van der Waals surface area contributed by atoms with E-state index in [9.17, 15) is 4.79 Å². The molecule has 2 aromatic carbocycles. The van der Waals surface area contributed by atoms with Crippen LogP contribution < -0.4 is 10.2 Å². The summed E-state index contributed by atoms with van der Waals surface area (Å²) in [6.45, 7) is 0. The van der Waals surface area contributed by atoms with Crippen LogP contribution in [0.1, 0.15) is 16.1 Å². The Kier molecular flexibility index (Phi) is 5.25. The van der Waals surface area contributed by atoms with Crippen LogP contribution in [-0.2, 0) is 0 Å². The molecule has 1 heterocycles. The van der Waals surface area contributed by atoms with Gasteiger partial charge in [-0.1, -0.05) is 40.2 Å². The number of ether oxygens (including phenoxy) is 1. The van der Waals surface area contributed by atoms with Gasteiger partial charge in [0.15, 0.2) is 0 Å². The first-order valence-corrected chi connectivity index (χ1v) is 8.24. The molecule has 126 valence electrons. The lowest BCUT2D eigenvalue weighted by Crippen LogP contribution is -2.18. The van der Waals surface area contributed by atoms with Crippen molar-refractivity contribution in [3.8, 4) is 17.0 Å². The molecule has 0 aliphatic heterocycles. The number of hydrogen-bond donors (Lipinski definition) is 2. The molecule has 25 heavy (non-hydrogen) atoms. The third-order valence-corrected chi connectivity index (χ3v) is 4.00. The summed E-state index contributed by atoms with van der Waals surface area (Å²) in [6, 6.07) is 16.7. The van der Waals surface area contributed by atoms with E-state index in [-0.39, 0.29) is 5.91 Å². The molecule has 0 unspecified atom stereocenters. The smallest absolute Gasteiger partial charge is 0.289 e. The van der Waals surface area contributed by atoms with Crippen LogP contribution in [-0.4, -0.2) is 29.4 Å². The van der Waals surface area contributed by atoms with Crippen LogP contribution in [0.3, 0.4) is 0 Å². The normalized spacial score (nSPS) is 10.8. The van der Waals surface area contributed by atoms with Gasteiger partial charge >= 0.3 is 0 Å². The molecule has 1 amide bonds. The van der Waals surface area contributed by atoms with Gasteiger partial charge in [0.1, 0.15) is 11.4 Å². The molecule has 0 atom stereocenters. The highest BCUT2D eigenvalue weighted by Crippen LogP contribution is 2.20. The number of para-hydroxylation sites is 1. The zero-order chi connectivity index (χ0) is 17.6. The van der Waals surface area contributed by atoms with Crippen molar-refractivity contribution in [1.29, 1.82) is 0 Å². The summed E-state index contributed by atoms with van der Waals surface area (Å²) in [5, 5.41) is 10.8. The van der Waals surface area contributed by atoms with E-state index in [0.29, 0.717) is 17.1 Å². The fourth-order valence-corrected chi connectivity index (χ4v) is 2.46. The van der Waals surface area contributed by atoms with Crippen molar-refractivity contribution in [2.75, 3.05) is 7.11 Å². The first-order chi connectivity index (χ1) is 12.2. The Bertz CT molecular complexity index is 903. The van der Waals surface area contributed by atoms with Gasteiger partial charge in [0.05, 0.1) is 19.0 Å². The van der Waals surface area contributed by atoms with Crippen molar-refractivity contribution < 1.29 is 9.53 Å². The molecule has 3 rings (SSSR count). The second-order valence-electron chi connectivity index (χ2n) is 5.11. The van der Waals surface area contributed by atoms with Gasteiger partial charge in [-0.15, -0.1) is 0 Å². The highest BCUT2D eigenvalue weighted by atomic mass is 79.9. The molecule has 2 N–H and O–H groups in total. The molecule has 0 bridgehead atoms. The van der Waals surface area contributed by atoms with Gasteiger partial charge in [-0.3, -0.25) is 9.89 Å². The monoisotopic (exact) mass is 398 g/mol. The van der Waals surface area contributed by atoms with Crippen LogP contribution in [0, 0.1) is 0 Å². The van der Waals surface area contributed by atoms with Gasteiger partial charge in [0.25, 0.3) is 5.91 Å². The zero-order valence-electron chi connectivity index (χ0n) is 13.4. The number of halogens is 1. The van der Waals surface area contributed by atoms with E-state index < -0.39 is 0 Å². The molecule has 0 saturated carbocycles. The Hall–Kier alpha value is -2.93. The van der Waals surface area contributed by atoms with Gasteiger partial charge in [0, 0.05) is 15.6 Å². The average Bonchev–Trinajstić information content (AvgIpc) is 3.13. The number of carbonyl (C=O) groups is 1. The lowest BCUT2D eigenvalue weighted by atomic mass is 10.1. The molecule has 3 aromatic rings. The van der Waals surface area contributed by atoms with Crippen molar-refractivity contribution in [2.45, 2.75) is 0 Å². The summed E-state index contributed by atoms with van der Waals surface area (Å²) in [6.07, 6.45) is 1.53. The second kappa shape index (κ2) is 7.76. The van der Waals surface area contributed by atoms with Gasteiger partial charge in [-0.25, -0.2) is 5.43 Å². The van der Waals surface area contributed by atoms with E-state index in [1.807, 2.05) is 48.5 Å². The highest BCUT2D eigenvalue weighted by Gasteiger charge is 2.10. The first-order valence-electron chi connectivity index (χ1n) is 7.45. The number of amides is 1. The number of rotatable bonds is 5. The zero-order valence-corrected chi connectivity index (χ0v) is 14.9. The summed E-state index contributed by atoms with van der Waals surface area (Å²) < 4.78 is 6.21. The molecule has 0 saturated heterocycles. The van der Waals surface area contributed by atoms with E-state index in [4.69, 9.17) is 4.74 Å². The minimum absolute atomic E-state index is 0.329. The van der Waals surface area contributed by atoms with Gasteiger partial charge < -0.3 is 4.74 Å². The fourth-order valence-electron chi connectivity index (χ4n) is 2.20. The first kappa shape index (κ1) is 16.9. The molecule has 7 heteroatoms. The average molecular weight is 399 g/mol. The van der Waals surface area contributed by atoms with Gasteiger partial charge in [-0.05, 0) is 30.3 Å². The SMILES string of the molecule is COc1ccccc1/C=N\NC(=O)c1cc(-c2ccc(Br)cc2)n[nH]1. The van der Waals surface area contributed by atoms with Crippen molar-refractivity contribution in [3.63, 3.8) is 0 Å². The number of benzene rings is 2. The quantitative estimate of drug-likeness (QED) is 0.508. The number of carbonyl (C=O) groups excluding carboxylic acids is 1. The third kappa shape index (κ3) is 4.13. The standard InChI is InChI=1S/C18H15BrN4O2/c1-25-17-5-3-2-4-13(17)11-20-23-18(24)16-10-15(21-22-16)12-6-8-14(19)9-7-12/h2-11H,1H3,(H,21,22)(H,23,24)/b20-11-. The minimum Gasteiger partial charge on any atom is -0.496 e. The number of H-pyrrole nitrogens is 1. The molecule has 0 spiro atoms. The van der Waals surface area contributed by atoms with E-state index in [0.717, 1.165) is 15.6 Å². The number of aromatic nitrogens is 2. The van der Waals surface area contributed by atoms with Crippen LogP contribution in [0.5, 0.6) is 5.75 Å². The number of aromatic amines is 1. The summed E-state index contributed by atoms with van der Waals surface area (Å²) in [4.78, 5) is 12.2. The minimum atomic E-state index is -0.373. The highest BCUT2D eigenvalue weighted by molar-refractivity contribution is 9.10. The van der Waals surface area contributed by atoms with Crippen molar-refractivity contribution in [1.82, 2.24) is 15.6 Å². The maximum Gasteiger partial charge on any atom is 0.289 e. The number of nitrogens with one attached hydrogen (secondary N) is 2.